The first-order chi connectivity index (χ1) is 10.4. The highest BCUT2D eigenvalue weighted by molar-refractivity contribution is 8.05. The summed E-state index contributed by atoms with van der Waals surface area (Å²) in [6, 6.07) is 25.4. The average molecular weight is 307 g/mol. The minimum atomic E-state index is 1.12. The van der Waals surface area contributed by atoms with Crippen LogP contribution in [0.5, 0.6) is 0 Å². The molecule has 1 N–H and O–H groups in total. The first-order valence-corrected chi connectivity index (χ1v) is 8.43. The van der Waals surface area contributed by atoms with Crippen LogP contribution in [0.1, 0.15) is 0 Å². The van der Waals surface area contributed by atoms with E-state index in [0.717, 1.165) is 11.4 Å². The van der Waals surface area contributed by atoms with Gasteiger partial charge < -0.3 is 5.32 Å². The quantitative estimate of drug-likeness (QED) is 0.484. The van der Waals surface area contributed by atoms with E-state index >= 15 is 0 Å². The van der Waals surface area contributed by atoms with E-state index in [0.29, 0.717) is 0 Å². The molecule has 3 aromatic carbocycles. The Morgan fingerprint density at radius 3 is 1.90 bits per heavy atom. The molecule has 1 aliphatic rings. The number of hydrogen-bond acceptors (Lipinski definition) is 3. The van der Waals surface area contributed by atoms with Crippen LogP contribution in [0.3, 0.4) is 0 Å². The Labute approximate surface area is 132 Å². The molecule has 0 aromatic heterocycles. The van der Waals surface area contributed by atoms with Gasteiger partial charge in [-0.25, -0.2) is 0 Å². The highest BCUT2D eigenvalue weighted by Gasteiger charge is 2.16. The number of hydrogen-bond donors (Lipinski definition) is 1. The van der Waals surface area contributed by atoms with Crippen LogP contribution in [-0.4, -0.2) is 0 Å². The highest BCUT2D eigenvalue weighted by atomic mass is 32.2. The number of fused-ring (bicyclic) bond motifs is 2. The molecule has 1 aliphatic heterocycles. The molecule has 0 saturated heterocycles. The van der Waals surface area contributed by atoms with Gasteiger partial charge in [-0.3, -0.25) is 0 Å². The van der Waals surface area contributed by atoms with Gasteiger partial charge in [0.05, 0.1) is 0 Å². The van der Waals surface area contributed by atoms with Gasteiger partial charge in [-0.2, -0.15) is 0 Å². The largest absolute Gasteiger partial charge is 0.355 e. The molecule has 0 amide bonds. The molecule has 0 saturated carbocycles. The molecule has 3 heteroatoms. The van der Waals surface area contributed by atoms with E-state index in [9.17, 15) is 0 Å². The third-order valence-corrected chi connectivity index (χ3v) is 5.84. The van der Waals surface area contributed by atoms with E-state index in [1.807, 2.05) is 41.7 Å². The maximum absolute atomic E-state index is 3.46. The molecule has 0 unspecified atom stereocenters. The van der Waals surface area contributed by atoms with Crippen LogP contribution in [0.4, 0.5) is 11.4 Å². The molecule has 1 nitrogen and oxygen atoms in total. The second-order valence-corrected chi connectivity index (χ2v) is 6.97. The van der Waals surface area contributed by atoms with Crippen molar-refractivity contribution in [3.05, 3.63) is 72.8 Å². The van der Waals surface area contributed by atoms with E-state index in [-0.39, 0.29) is 0 Å². The van der Waals surface area contributed by atoms with Gasteiger partial charge in [0.2, 0.25) is 0 Å². The summed E-state index contributed by atoms with van der Waals surface area (Å²) in [5.74, 6) is 0. The Kier molecular flexibility index (Phi) is 3.37. The predicted molar refractivity (Wildman–Crippen MR) is 90.9 cm³/mol. The highest BCUT2D eigenvalue weighted by Crippen LogP contribution is 2.48. The number of rotatable bonds is 2. The molecule has 0 atom stereocenters. The molecule has 102 valence electrons. The van der Waals surface area contributed by atoms with Gasteiger partial charge in [-0.1, -0.05) is 53.9 Å². The fraction of sp³-hybridized carbons (Fsp3) is 0. The zero-order valence-electron chi connectivity index (χ0n) is 11.2. The summed E-state index contributed by atoms with van der Waals surface area (Å²) in [6.45, 7) is 0. The van der Waals surface area contributed by atoms with Crippen molar-refractivity contribution in [1.82, 2.24) is 0 Å². The van der Waals surface area contributed by atoms with Crippen LogP contribution in [0.25, 0.3) is 0 Å². The molecule has 0 fully saturated rings. The lowest BCUT2D eigenvalue weighted by atomic mass is 10.2. The van der Waals surface area contributed by atoms with Crippen LogP contribution in [-0.2, 0) is 0 Å². The molecular weight excluding hydrogens is 294 g/mol. The van der Waals surface area contributed by atoms with Gasteiger partial charge >= 0.3 is 0 Å². The summed E-state index contributed by atoms with van der Waals surface area (Å²) in [4.78, 5) is 5.34. The Morgan fingerprint density at radius 2 is 1.14 bits per heavy atom. The van der Waals surface area contributed by atoms with Crippen molar-refractivity contribution in [3.8, 4) is 0 Å². The molecule has 4 rings (SSSR count). The zero-order chi connectivity index (χ0) is 14.1. The van der Waals surface area contributed by atoms with Crippen molar-refractivity contribution in [2.24, 2.45) is 0 Å². The van der Waals surface area contributed by atoms with Crippen LogP contribution in [0.15, 0.2) is 92.4 Å². The first kappa shape index (κ1) is 12.9. The number of nitrogens with one attached hydrogen (secondary N) is 1. The predicted octanol–water partition coefficient (Wildman–Crippen LogP) is 6.05. The van der Waals surface area contributed by atoms with Gasteiger partial charge in [0.1, 0.15) is 0 Å². The van der Waals surface area contributed by atoms with Crippen molar-refractivity contribution >= 4 is 34.9 Å². The molecule has 21 heavy (non-hydrogen) atoms. The second kappa shape index (κ2) is 5.51. The standard InChI is InChI=1S/C18H13NS2/c1-2-6-13(7-3-1)19-14-10-11-17-18(12-14)21-16-9-5-4-8-15(16)20-17/h1-12,19H. The Bertz CT molecular complexity index is 784. The lowest BCUT2D eigenvalue weighted by Gasteiger charge is -2.19. The number of para-hydroxylation sites is 1. The van der Waals surface area contributed by atoms with Crippen molar-refractivity contribution in [2.75, 3.05) is 5.32 Å². The van der Waals surface area contributed by atoms with Gasteiger partial charge in [0, 0.05) is 31.0 Å². The van der Waals surface area contributed by atoms with E-state index in [4.69, 9.17) is 0 Å². The monoisotopic (exact) mass is 307 g/mol. The molecule has 0 aliphatic carbocycles. The summed E-state index contributed by atoms with van der Waals surface area (Å²) in [5.41, 5.74) is 2.25. The summed E-state index contributed by atoms with van der Waals surface area (Å²) in [6.07, 6.45) is 0. The summed E-state index contributed by atoms with van der Waals surface area (Å²) in [5, 5.41) is 3.46. The third-order valence-electron chi connectivity index (χ3n) is 3.30. The van der Waals surface area contributed by atoms with Crippen molar-refractivity contribution in [1.29, 1.82) is 0 Å². The van der Waals surface area contributed by atoms with Gasteiger partial charge in [-0.15, -0.1) is 0 Å². The summed E-state index contributed by atoms with van der Waals surface area (Å²) >= 11 is 3.70. The van der Waals surface area contributed by atoms with E-state index < -0.39 is 0 Å². The SMILES string of the molecule is c1ccc(Nc2ccc3c(c2)Sc2ccccc2S3)cc1. The lowest BCUT2D eigenvalue weighted by molar-refractivity contribution is 1.16. The maximum atomic E-state index is 3.46. The Morgan fingerprint density at radius 1 is 0.524 bits per heavy atom. The van der Waals surface area contributed by atoms with E-state index in [1.165, 1.54) is 19.6 Å². The summed E-state index contributed by atoms with van der Waals surface area (Å²) < 4.78 is 0. The van der Waals surface area contributed by atoms with Crippen molar-refractivity contribution in [2.45, 2.75) is 19.6 Å². The van der Waals surface area contributed by atoms with Crippen LogP contribution < -0.4 is 5.32 Å². The molecular formula is C18H13NS2. The maximum Gasteiger partial charge on any atom is 0.0396 e. The Balaban J connectivity index is 1.64. The van der Waals surface area contributed by atoms with E-state index in [2.05, 4.69) is 59.9 Å². The fourth-order valence-corrected chi connectivity index (χ4v) is 4.55. The van der Waals surface area contributed by atoms with Crippen LogP contribution >= 0.6 is 23.5 Å². The topological polar surface area (TPSA) is 12.0 Å². The van der Waals surface area contributed by atoms with Crippen molar-refractivity contribution in [3.63, 3.8) is 0 Å². The minimum absolute atomic E-state index is 1.12. The third kappa shape index (κ3) is 2.67. The number of anilines is 2. The molecule has 0 spiro atoms. The molecule has 0 radical (unpaired) electrons. The normalized spacial score (nSPS) is 12.4. The van der Waals surface area contributed by atoms with Gasteiger partial charge in [0.15, 0.2) is 0 Å². The molecule has 3 aromatic rings. The molecule has 1 heterocycles. The smallest absolute Gasteiger partial charge is 0.0396 e. The second-order valence-electron chi connectivity index (χ2n) is 4.80. The minimum Gasteiger partial charge on any atom is -0.355 e. The first-order valence-electron chi connectivity index (χ1n) is 6.79. The lowest BCUT2D eigenvalue weighted by Crippen LogP contribution is -1.93. The van der Waals surface area contributed by atoms with Gasteiger partial charge in [-0.05, 0) is 42.5 Å². The van der Waals surface area contributed by atoms with E-state index in [1.54, 1.807) is 0 Å². The average Bonchev–Trinajstić information content (AvgIpc) is 2.54. The fourth-order valence-electron chi connectivity index (χ4n) is 2.29. The van der Waals surface area contributed by atoms with Crippen LogP contribution in [0.2, 0.25) is 0 Å². The van der Waals surface area contributed by atoms with Crippen LogP contribution in [0, 0.1) is 0 Å². The van der Waals surface area contributed by atoms with Gasteiger partial charge in [0.25, 0.3) is 0 Å². The zero-order valence-corrected chi connectivity index (χ0v) is 12.9. The summed E-state index contributed by atoms with van der Waals surface area (Å²) in [7, 11) is 0. The Hall–Kier alpha value is -1.84. The van der Waals surface area contributed by atoms with Crippen molar-refractivity contribution < 1.29 is 0 Å². The molecule has 0 bridgehead atoms. The number of benzene rings is 3.